The number of nitrogens with zero attached hydrogens (tertiary/aromatic N) is 3. The van der Waals surface area contributed by atoms with E-state index in [-0.39, 0.29) is 23.0 Å². The lowest BCUT2D eigenvalue weighted by Crippen LogP contribution is -2.41. The summed E-state index contributed by atoms with van der Waals surface area (Å²) in [5.41, 5.74) is 0.399. The summed E-state index contributed by atoms with van der Waals surface area (Å²) in [5, 5.41) is 13.2. The number of aliphatic imine (C=N–C) groups is 1. The second kappa shape index (κ2) is 9.10. The quantitative estimate of drug-likeness (QED) is 0.668. The molecule has 0 spiro atoms. The summed E-state index contributed by atoms with van der Waals surface area (Å²) in [4.78, 5) is 6.36. The second-order valence-corrected chi connectivity index (χ2v) is 8.16. The zero-order valence-corrected chi connectivity index (χ0v) is 17.6. The van der Waals surface area contributed by atoms with Crippen molar-refractivity contribution < 1.29 is 0 Å². The maximum Gasteiger partial charge on any atom is 0.144 e. The van der Waals surface area contributed by atoms with Gasteiger partial charge in [0, 0.05) is 6.04 Å². The van der Waals surface area contributed by atoms with Crippen molar-refractivity contribution in [3.8, 4) is 6.07 Å². The Balaban J connectivity index is 0.00000288. The highest BCUT2D eigenvalue weighted by Crippen LogP contribution is 2.38. The smallest absolute Gasteiger partial charge is 0.144 e. The second-order valence-electron chi connectivity index (χ2n) is 7.75. The first-order chi connectivity index (χ1) is 10.9. The highest BCUT2D eigenvalue weighted by Gasteiger charge is 2.31. The minimum absolute atomic E-state index is 0. The topological polar surface area (TPSA) is 51.4 Å². The Morgan fingerprint density at radius 1 is 1.33 bits per heavy atom. The van der Waals surface area contributed by atoms with Crippen LogP contribution < -0.4 is 5.32 Å². The fraction of sp³-hybridized carbons (Fsp3) is 0.778. The first kappa shape index (κ1) is 21.3. The van der Waals surface area contributed by atoms with E-state index in [1.54, 1.807) is 6.34 Å². The normalized spacial score (nSPS) is 27.5. The fourth-order valence-electron chi connectivity index (χ4n) is 3.63. The van der Waals surface area contributed by atoms with Crippen molar-refractivity contribution in [2.75, 3.05) is 6.54 Å². The molecule has 0 saturated heterocycles. The van der Waals surface area contributed by atoms with Crippen LogP contribution in [0.2, 0.25) is 0 Å². The molecule has 2 aliphatic rings. The van der Waals surface area contributed by atoms with E-state index in [0.29, 0.717) is 18.0 Å². The summed E-state index contributed by atoms with van der Waals surface area (Å²) in [7, 11) is 0. The Morgan fingerprint density at radius 3 is 2.46 bits per heavy atom. The van der Waals surface area contributed by atoms with Gasteiger partial charge in [-0.2, -0.15) is 5.26 Å². The highest BCUT2D eigenvalue weighted by molar-refractivity contribution is 8.93. The molecule has 0 bridgehead atoms. The largest absolute Gasteiger partial charge is 0.366 e. The van der Waals surface area contributed by atoms with Gasteiger partial charge in [-0.15, -0.1) is 17.0 Å². The highest BCUT2D eigenvalue weighted by atomic mass is 79.9. The predicted molar refractivity (Wildman–Crippen MR) is 106 cm³/mol. The Morgan fingerprint density at radius 2 is 1.96 bits per heavy atom. The van der Waals surface area contributed by atoms with Gasteiger partial charge in [0.1, 0.15) is 12.4 Å². The van der Waals surface area contributed by atoms with Gasteiger partial charge >= 0.3 is 0 Å². The van der Waals surface area contributed by atoms with E-state index >= 15 is 0 Å². The van der Waals surface area contributed by atoms with Crippen molar-refractivity contribution in [1.29, 1.82) is 5.26 Å². The van der Waals surface area contributed by atoms with Crippen LogP contribution in [0.15, 0.2) is 15.8 Å². The van der Waals surface area contributed by atoms with Crippen LogP contribution in [-0.4, -0.2) is 29.9 Å². The standard InChI is InChI=1S/C18H29ClN4.BrH/c1-5-15-16(19)17(21-12-23(15)11-10-20)22-14-8-6-13(7-9-14)18(2,3)4;/h12-15,22H,5-9,11H2,1-4H3;1H. The molecule has 0 radical (unpaired) electrons. The van der Waals surface area contributed by atoms with Crippen LogP contribution in [0.5, 0.6) is 0 Å². The molecule has 0 aromatic carbocycles. The average molecular weight is 418 g/mol. The van der Waals surface area contributed by atoms with Crippen LogP contribution in [0.25, 0.3) is 0 Å². The minimum Gasteiger partial charge on any atom is -0.366 e. The van der Waals surface area contributed by atoms with E-state index in [1.807, 2.05) is 4.90 Å². The number of rotatable bonds is 4. The van der Waals surface area contributed by atoms with Crippen molar-refractivity contribution in [3.63, 3.8) is 0 Å². The molecule has 136 valence electrons. The maximum absolute atomic E-state index is 8.91. The Bertz CT molecular complexity index is 510. The summed E-state index contributed by atoms with van der Waals surface area (Å²) in [6.07, 6.45) is 7.48. The molecule has 1 unspecified atom stereocenters. The molecule has 0 aromatic rings. The molecule has 6 heteroatoms. The third-order valence-corrected chi connectivity index (χ3v) is 5.62. The van der Waals surface area contributed by atoms with Crippen molar-refractivity contribution in [1.82, 2.24) is 10.2 Å². The molecule has 1 N–H and O–H groups in total. The lowest BCUT2D eigenvalue weighted by molar-refractivity contribution is 0.163. The fourth-order valence-corrected chi connectivity index (χ4v) is 4.01. The van der Waals surface area contributed by atoms with E-state index < -0.39 is 0 Å². The molecule has 0 amide bonds. The molecule has 0 aromatic heterocycles. The van der Waals surface area contributed by atoms with Gasteiger partial charge in [-0.1, -0.05) is 39.3 Å². The number of nitriles is 1. The molecule has 1 fully saturated rings. The molecule has 1 atom stereocenters. The van der Waals surface area contributed by atoms with Crippen molar-refractivity contribution in [2.24, 2.45) is 16.3 Å². The molecule has 24 heavy (non-hydrogen) atoms. The summed E-state index contributed by atoms with van der Waals surface area (Å²) in [6.45, 7) is 9.43. The monoisotopic (exact) mass is 416 g/mol. The van der Waals surface area contributed by atoms with Crippen LogP contribution in [0.1, 0.15) is 59.8 Å². The molecule has 1 aliphatic carbocycles. The molecule has 1 heterocycles. The Hall–Kier alpha value is -0.730. The van der Waals surface area contributed by atoms with Gasteiger partial charge in [-0.25, -0.2) is 4.99 Å². The van der Waals surface area contributed by atoms with E-state index in [0.717, 1.165) is 23.2 Å². The maximum atomic E-state index is 8.91. The van der Waals surface area contributed by atoms with E-state index in [2.05, 4.69) is 44.1 Å². The predicted octanol–water partition coefficient (Wildman–Crippen LogP) is 4.81. The van der Waals surface area contributed by atoms with Gasteiger partial charge in [0.05, 0.1) is 23.5 Å². The summed E-state index contributed by atoms with van der Waals surface area (Å²) in [6, 6.07) is 2.68. The van der Waals surface area contributed by atoms with Crippen molar-refractivity contribution in [2.45, 2.75) is 71.9 Å². The number of hydrogen-bond donors (Lipinski definition) is 1. The lowest BCUT2D eigenvalue weighted by atomic mass is 9.71. The summed E-state index contributed by atoms with van der Waals surface area (Å²) < 4.78 is 0. The number of nitrogens with one attached hydrogen (secondary N) is 1. The van der Waals surface area contributed by atoms with Gasteiger partial charge in [-0.3, -0.25) is 0 Å². The Kier molecular flexibility index (Phi) is 8.08. The van der Waals surface area contributed by atoms with E-state index in [9.17, 15) is 0 Å². The molecule has 2 rings (SSSR count). The minimum atomic E-state index is 0. The van der Waals surface area contributed by atoms with Gasteiger partial charge in [0.15, 0.2) is 0 Å². The Labute approximate surface area is 162 Å². The average Bonchev–Trinajstić information content (AvgIpc) is 2.50. The zero-order chi connectivity index (χ0) is 17.0. The first-order valence-electron chi connectivity index (χ1n) is 8.69. The molecule has 1 aliphatic heterocycles. The SMILES string of the molecule is Br.CCC1C(Cl)=C(NC2CCC(C(C)(C)C)CC2)N=CN1CC#N. The van der Waals surface area contributed by atoms with Crippen molar-refractivity contribution in [3.05, 3.63) is 10.9 Å². The molecule has 4 nitrogen and oxygen atoms in total. The number of halogens is 2. The first-order valence-corrected chi connectivity index (χ1v) is 9.07. The number of hydrogen-bond acceptors (Lipinski definition) is 4. The van der Waals surface area contributed by atoms with E-state index in [4.69, 9.17) is 16.9 Å². The van der Waals surface area contributed by atoms with Gasteiger partial charge in [-0.05, 0) is 43.4 Å². The van der Waals surface area contributed by atoms with Crippen LogP contribution >= 0.6 is 28.6 Å². The van der Waals surface area contributed by atoms with Gasteiger partial charge < -0.3 is 10.2 Å². The third-order valence-electron chi connectivity index (χ3n) is 5.19. The lowest BCUT2D eigenvalue weighted by Gasteiger charge is -2.38. The van der Waals surface area contributed by atoms with Crippen LogP contribution in [0.3, 0.4) is 0 Å². The third kappa shape index (κ3) is 5.13. The van der Waals surface area contributed by atoms with E-state index in [1.165, 1.54) is 25.7 Å². The zero-order valence-electron chi connectivity index (χ0n) is 15.2. The van der Waals surface area contributed by atoms with Crippen molar-refractivity contribution >= 4 is 34.9 Å². The van der Waals surface area contributed by atoms with Crippen LogP contribution in [0, 0.1) is 22.7 Å². The molecule has 1 saturated carbocycles. The van der Waals surface area contributed by atoms with Crippen LogP contribution in [0.4, 0.5) is 0 Å². The van der Waals surface area contributed by atoms with Gasteiger partial charge in [0.2, 0.25) is 0 Å². The summed E-state index contributed by atoms with van der Waals surface area (Å²) in [5.74, 6) is 1.60. The molecular formula is C18H30BrClN4. The van der Waals surface area contributed by atoms with Crippen LogP contribution in [-0.2, 0) is 0 Å². The summed E-state index contributed by atoms with van der Waals surface area (Å²) >= 11 is 6.55. The molecular weight excluding hydrogens is 388 g/mol. The van der Waals surface area contributed by atoms with Gasteiger partial charge in [0.25, 0.3) is 0 Å².